The Morgan fingerprint density at radius 3 is 2.30 bits per heavy atom. The number of hydrogen-bond donors (Lipinski definition) is 2. The van der Waals surface area contributed by atoms with Gasteiger partial charge in [0.05, 0.1) is 5.92 Å². The first-order valence-corrected chi connectivity index (χ1v) is 8.36. The smallest absolute Gasteiger partial charge is 0.329 e. The first-order chi connectivity index (χ1) is 10.5. The maximum absolute atomic E-state index is 12.5. The summed E-state index contributed by atoms with van der Waals surface area (Å²) in [5.74, 6) is -1.60. The molecule has 2 N–H and O–H groups in total. The third-order valence-electron chi connectivity index (χ3n) is 4.34. The summed E-state index contributed by atoms with van der Waals surface area (Å²) in [5.41, 5.74) is -1.72. The molecular formula is C17H30N2O4. The number of nitrogens with one attached hydrogen (secondary N) is 1. The average Bonchev–Trinajstić information content (AvgIpc) is 2.45. The van der Waals surface area contributed by atoms with Crippen LogP contribution in [0, 0.1) is 11.3 Å². The molecule has 0 saturated carbocycles. The summed E-state index contributed by atoms with van der Waals surface area (Å²) < 4.78 is 0. The average molecular weight is 326 g/mol. The van der Waals surface area contributed by atoms with Crippen molar-refractivity contribution in [3.63, 3.8) is 0 Å². The molecule has 1 aliphatic rings. The molecule has 1 aliphatic heterocycles. The minimum absolute atomic E-state index is 0.0320. The third kappa shape index (κ3) is 4.94. The van der Waals surface area contributed by atoms with Crippen LogP contribution in [0.2, 0.25) is 0 Å². The molecule has 0 aromatic heterocycles. The van der Waals surface area contributed by atoms with E-state index in [0.717, 1.165) is 6.42 Å². The number of carboxylic acid groups (broad SMARTS) is 1. The molecule has 132 valence electrons. The van der Waals surface area contributed by atoms with E-state index in [1.165, 1.54) is 6.92 Å². The molecule has 23 heavy (non-hydrogen) atoms. The van der Waals surface area contributed by atoms with Crippen molar-refractivity contribution >= 4 is 17.8 Å². The van der Waals surface area contributed by atoms with Crippen LogP contribution < -0.4 is 5.32 Å². The van der Waals surface area contributed by atoms with Crippen molar-refractivity contribution in [2.75, 3.05) is 13.1 Å². The molecule has 2 unspecified atom stereocenters. The van der Waals surface area contributed by atoms with Crippen molar-refractivity contribution < 1.29 is 19.5 Å². The Morgan fingerprint density at radius 2 is 1.83 bits per heavy atom. The molecule has 6 nitrogen and oxygen atoms in total. The van der Waals surface area contributed by atoms with Gasteiger partial charge in [0.15, 0.2) is 0 Å². The zero-order chi connectivity index (χ0) is 17.8. The Hall–Kier alpha value is -1.59. The van der Waals surface area contributed by atoms with Crippen LogP contribution >= 0.6 is 0 Å². The maximum Gasteiger partial charge on any atom is 0.329 e. The largest absolute Gasteiger partial charge is 0.480 e. The molecule has 1 rings (SSSR count). The number of carbonyl (C=O) groups excluding carboxylic acids is 2. The molecule has 0 aliphatic carbocycles. The summed E-state index contributed by atoms with van der Waals surface area (Å²) in [6.45, 7) is 10.0. The molecule has 2 amide bonds. The number of carboxylic acids is 1. The molecular weight excluding hydrogens is 296 g/mol. The van der Waals surface area contributed by atoms with Crippen LogP contribution in [0.25, 0.3) is 0 Å². The normalized spacial score (nSPS) is 21.4. The highest BCUT2D eigenvalue weighted by molar-refractivity contribution is 5.88. The van der Waals surface area contributed by atoms with Gasteiger partial charge in [-0.15, -0.1) is 0 Å². The minimum Gasteiger partial charge on any atom is -0.480 e. The molecule has 1 fully saturated rings. The lowest BCUT2D eigenvalue weighted by Crippen LogP contribution is -2.56. The van der Waals surface area contributed by atoms with Crippen molar-refractivity contribution in [3.05, 3.63) is 0 Å². The van der Waals surface area contributed by atoms with Gasteiger partial charge in [0, 0.05) is 18.5 Å². The van der Waals surface area contributed by atoms with Crippen LogP contribution in [0.4, 0.5) is 0 Å². The fourth-order valence-corrected chi connectivity index (χ4v) is 2.95. The number of hydrogen-bond acceptors (Lipinski definition) is 3. The number of rotatable bonds is 5. The molecule has 1 heterocycles. The van der Waals surface area contributed by atoms with Crippen LogP contribution in [-0.4, -0.2) is 46.4 Å². The SMILES string of the molecule is CCCC(C)(NC(=O)C1CCCN(C(=O)C(C)(C)C)C1)C(=O)O. The fourth-order valence-electron chi connectivity index (χ4n) is 2.95. The number of carbonyl (C=O) groups is 3. The van der Waals surface area contributed by atoms with Gasteiger partial charge in [0.2, 0.25) is 11.8 Å². The van der Waals surface area contributed by atoms with Gasteiger partial charge >= 0.3 is 5.97 Å². The van der Waals surface area contributed by atoms with Crippen LogP contribution in [0.1, 0.15) is 60.3 Å². The first-order valence-electron chi connectivity index (χ1n) is 8.36. The quantitative estimate of drug-likeness (QED) is 0.809. The van der Waals surface area contributed by atoms with Gasteiger partial charge in [0.25, 0.3) is 0 Å². The van der Waals surface area contributed by atoms with Crippen LogP contribution in [0.3, 0.4) is 0 Å². The van der Waals surface area contributed by atoms with E-state index in [9.17, 15) is 19.5 Å². The van der Waals surface area contributed by atoms with E-state index in [2.05, 4.69) is 5.32 Å². The van der Waals surface area contributed by atoms with Crippen LogP contribution in [-0.2, 0) is 14.4 Å². The van der Waals surface area contributed by atoms with Gasteiger partial charge < -0.3 is 15.3 Å². The number of nitrogens with zero attached hydrogens (tertiary/aromatic N) is 1. The summed E-state index contributed by atoms with van der Waals surface area (Å²) in [7, 11) is 0. The van der Waals surface area contributed by atoms with Gasteiger partial charge in [-0.3, -0.25) is 9.59 Å². The third-order valence-corrected chi connectivity index (χ3v) is 4.34. The zero-order valence-electron chi connectivity index (χ0n) is 14.9. The van der Waals surface area contributed by atoms with Gasteiger partial charge in [0.1, 0.15) is 5.54 Å². The second kappa shape index (κ2) is 7.32. The standard InChI is InChI=1S/C17H30N2O4/c1-6-9-17(5,15(22)23)18-13(20)12-8-7-10-19(11-12)14(21)16(2,3)4/h12H,6-11H2,1-5H3,(H,18,20)(H,22,23). The lowest BCUT2D eigenvalue weighted by molar-refractivity contribution is -0.149. The summed E-state index contributed by atoms with van der Waals surface area (Å²) >= 11 is 0. The Bertz CT molecular complexity index is 470. The molecule has 0 aromatic rings. The lowest BCUT2D eigenvalue weighted by Gasteiger charge is -2.37. The van der Waals surface area contributed by atoms with Crippen molar-refractivity contribution in [1.29, 1.82) is 0 Å². The van der Waals surface area contributed by atoms with Crippen molar-refractivity contribution in [3.8, 4) is 0 Å². The molecule has 0 spiro atoms. The van der Waals surface area contributed by atoms with E-state index in [1.807, 2.05) is 27.7 Å². The predicted molar refractivity (Wildman–Crippen MR) is 87.9 cm³/mol. The van der Waals surface area contributed by atoms with Gasteiger partial charge in [-0.05, 0) is 26.2 Å². The van der Waals surface area contributed by atoms with Gasteiger partial charge in [-0.2, -0.15) is 0 Å². The first kappa shape index (κ1) is 19.5. The van der Waals surface area contributed by atoms with Crippen molar-refractivity contribution in [2.24, 2.45) is 11.3 Å². The highest BCUT2D eigenvalue weighted by Gasteiger charge is 2.38. The second-order valence-electron chi connectivity index (χ2n) is 7.72. The molecule has 1 saturated heterocycles. The molecule has 0 aromatic carbocycles. The van der Waals surface area contributed by atoms with E-state index < -0.39 is 16.9 Å². The number of piperidine rings is 1. The van der Waals surface area contributed by atoms with Gasteiger partial charge in [-0.25, -0.2) is 4.79 Å². The zero-order valence-corrected chi connectivity index (χ0v) is 14.9. The van der Waals surface area contributed by atoms with Gasteiger partial charge in [-0.1, -0.05) is 34.1 Å². The van der Waals surface area contributed by atoms with E-state index in [1.54, 1.807) is 4.90 Å². The fraction of sp³-hybridized carbons (Fsp3) is 0.824. The van der Waals surface area contributed by atoms with E-state index in [0.29, 0.717) is 32.4 Å². The molecule has 0 bridgehead atoms. The summed E-state index contributed by atoms with van der Waals surface area (Å²) in [6.07, 6.45) is 2.49. The Morgan fingerprint density at radius 1 is 1.22 bits per heavy atom. The van der Waals surface area contributed by atoms with E-state index >= 15 is 0 Å². The number of amides is 2. The summed E-state index contributed by atoms with van der Waals surface area (Å²) in [6, 6.07) is 0. The Balaban J connectivity index is 2.76. The molecule has 2 atom stereocenters. The topological polar surface area (TPSA) is 86.7 Å². The maximum atomic E-state index is 12.5. The van der Waals surface area contributed by atoms with Crippen molar-refractivity contribution in [1.82, 2.24) is 10.2 Å². The Labute approximate surface area is 138 Å². The monoisotopic (exact) mass is 326 g/mol. The molecule has 6 heteroatoms. The predicted octanol–water partition coefficient (Wildman–Crippen LogP) is 2.03. The highest BCUT2D eigenvalue weighted by Crippen LogP contribution is 2.24. The Kier molecular flexibility index (Phi) is 6.19. The summed E-state index contributed by atoms with van der Waals surface area (Å²) in [4.78, 5) is 38.1. The van der Waals surface area contributed by atoms with E-state index in [4.69, 9.17) is 0 Å². The molecule has 0 radical (unpaired) electrons. The number of aliphatic carboxylic acids is 1. The number of likely N-dealkylation sites (tertiary alicyclic amines) is 1. The van der Waals surface area contributed by atoms with Crippen LogP contribution in [0.5, 0.6) is 0 Å². The summed E-state index contributed by atoms with van der Waals surface area (Å²) in [5, 5.41) is 12.1. The second-order valence-corrected chi connectivity index (χ2v) is 7.72. The lowest BCUT2D eigenvalue weighted by atomic mass is 9.89. The highest BCUT2D eigenvalue weighted by atomic mass is 16.4. The minimum atomic E-state index is -1.25. The van der Waals surface area contributed by atoms with Crippen LogP contribution in [0.15, 0.2) is 0 Å². The van der Waals surface area contributed by atoms with Crippen molar-refractivity contribution in [2.45, 2.75) is 65.8 Å². The van der Waals surface area contributed by atoms with E-state index in [-0.39, 0.29) is 17.7 Å².